The van der Waals surface area contributed by atoms with E-state index in [2.05, 4.69) is 32.6 Å². The fraction of sp³-hybridized carbons (Fsp3) is 0.190. The topological polar surface area (TPSA) is 94.2 Å². The lowest BCUT2D eigenvalue weighted by Crippen LogP contribution is -2.36. The Morgan fingerprint density at radius 2 is 1.90 bits per heavy atom. The van der Waals surface area contributed by atoms with Crippen LogP contribution in [0.2, 0.25) is 5.02 Å². The van der Waals surface area contributed by atoms with Crippen molar-refractivity contribution < 1.29 is 28.6 Å². The van der Waals surface area contributed by atoms with Gasteiger partial charge in [0.2, 0.25) is 0 Å². The van der Waals surface area contributed by atoms with Crippen molar-refractivity contribution in [3.8, 4) is 11.5 Å². The lowest BCUT2D eigenvalue weighted by molar-refractivity contribution is -0.143. The minimum atomic E-state index is -0.711. The van der Waals surface area contributed by atoms with Gasteiger partial charge in [-0.05, 0) is 64.1 Å². The fourth-order valence-corrected chi connectivity index (χ4v) is 3.41. The minimum Gasteiger partial charge on any atom is -0.493 e. The molecular formula is C21H18ClIN2O6. The number of nitrogens with one attached hydrogen (secondary N) is 1. The van der Waals surface area contributed by atoms with Crippen LogP contribution in [0.3, 0.4) is 0 Å². The summed E-state index contributed by atoms with van der Waals surface area (Å²) in [5.41, 5.74) is 1.47. The number of esters is 1. The predicted octanol–water partition coefficient (Wildman–Crippen LogP) is 3.60. The number of nitrogens with zero attached hydrogens (tertiary/aromatic N) is 1. The largest absolute Gasteiger partial charge is 0.493 e. The van der Waals surface area contributed by atoms with E-state index >= 15 is 0 Å². The number of carbonyl (C=O) groups excluding carboxylic acids is 3. The van der Waals surface area contributed by atoms with Crippen LogP contribution in [-0.2, 0) is 20.9 Å². The molecule has 0 bridgehead atoms. The van der Waals surface area contributed by atoms with Crippen LogP contribution in [0, 0.1) is 3.57 Å². The van der Waals surface area contributed by atoms with Crippen LogP contribution in [0.1, 0.15) is 11.1 Å². The highest BCUT2D eigenvalue weighted by Gasteiger charge is 2.35. The summed E-state index contributed by atoms with van der Waals surface area (Å²) in [4.78, 5) is 36.6. The molecule has 1 aliphatic heterocycles. The van der Waals surface area contributed by atoms with E-state index in [9.17, 15) is 14.4 Å². The molecule has 1 N–H and O–H groups in total. The van der Waals surface area contributed by atoms with Crippen molar-refractivity contribution in [1.82, 2.24) is 10.2 Å². The number of hydrogen-bond donors (Lipinski definition) is 1. The van der Waals surface area contributed by atoms with E-state index in [-0.39, 0.29) is 10.7 Å². The van der Waals surface area contributed by atoms with Crippen molar-refractivity contribution in [2.45, 2.75) is 6.61 Å². The second-order valence-electron chi connectivity index (χ2n) is 6.40. The Balaban J connectivity index is 1.80. The first-order chi connectivity index (χ1) is 14.8. The molecule has 0 aliphatic carbocycles. The van der Waals surface area contributed by atoms with Crippen LogP contribution >= 0.6 is 34.2 Å². The number of urea groups is 1. The number of imide groups is 1. The van der Waals surface area contributed by atoms with E-state index in [0.717, 1.165) is 14.0 Å². The van der Waals surface area contributed by atoms with Crippen molar-refractivity contribution in [2.75, 3.05) is 20.8 Å². The molecule has 2 aromatic carbocycles. The molecule has 0 unspecified atom stereocenters. The number of ether oxygens (including phenoxy) is 3. The van der Waals surface area contributed by atoms with Gasteiger partial charge in [-0.25, -0.2) is 9.69 Å². The molecule has 0 spiro atoms. The van der Waals surface area contributed by atoms with E-state index in [1.54, 1.807) is 12.1 Å². The molecular weight excluding hydrogens is 539 g/mol. The molecule has 0 atom stereocenters. The molecule has 31 heavy (non-hydrogen) atoms. The molecule has 3 amide bonds. The van der Waals surface area contributed by atoms with Crippen LogP contribution in [0.5, 0.6) is 11.5 Å². The second-order valence-corrected chi connectivity index (χ2v) is 8.06. The molecule has 3 rings (SSSR count). The highest BCUT2D eigenvalue weighted by molar-refractivity contribution is 14.1. The zero-order valence-corrected chi connectivity index (χ0v) is 19.5. The molecule has 0 aromatic heterocycles. The van der Waals surface area contributed by atoms with Gasteiger partial charge >= 0.3 is 12.0 Å². The number of carbonyl (C=O) groups is 3. The predicted molar refractivity (Wildman–Crippen MR) is 122 cm³/mol. The van der Waals surface area contributed by atoms with Crippen LogP contribution in [0.25, 0.3) is 6.08 Å². The maximum atomic E-state index is 12.4. The number of benzene rings is 2. The highest BCUT2D eigenvalue weighted by atomic mass is 127. The average molecular weight is 557 g/mol. The molecule has 0 radical (unpaired) electrons. The Kier molecular flexibility index (Phi) is 7.39. The molecule has 8 nitrogen and oxygen atoms in total. The Morgan fingerprint density at radius 3 is 2.55 bits per heavy atom. The average Bonchev–Trinajstić information content (AvgIpc) is 3.01. The third kappa shape index (κ3) is 5.47. The summed E-state index contributed by atoms with van der Waals surface area (Å²) in [6, 6.07) is 10.4. The van der Waals surface area contributed by atoms with Crippen LogP contribution in [0.4, 0.5) is 4.79 Å². The van der Waals surface area contributed by atoms with E-state index in [0.29, 0.717) is 23.7 Å². The van der Waals surface area contributed by atoms with Crippen molar-refractivity contribution in [3.05, 3.63) is 61.8 Å². The first-order valence-corrected chi connectivity index (χ1v) is 10.4. The van der Waals surface area contributed by atoms with Gasteiger partial charge in [0, 0.05) is 3.57 Å². The summed E-state index contributed by atoms with van der Waals surface area (Å²) in [5.74, 6) is -0.624. The SMILES string of the molecule is COC(=O)CN1C(=O)N/C(=C/c2cc(Cl)c(OCc3ccc(I)cc3)c(OC)c2)C1=O. The number of rotatable bonds is 7. The number of methoxy groups -OCH3 is 2. The summed E-state index contributed by atoms with van der Waals surface area (Å²) in [5, 5.41) is 2.71. The van der Waals surface area contributed by atoms with Gasteiger partial charge in [0.25, 0.3) is 5.91 Å². The summed E-state index contributed by atoms with van der Waals surface area (Å²) in [7, 11) is 2.65. The molecule has 1 fully saturated rings. The maximum absolute atomic E-state index is 12.4. The van der Waals surface area contributed by atoms with Gasteiger partial charge in [-0.3, -0.25) is 9.59 Å². The zero-order chi connectivity index (χ0) is 22.5. The monoisotopic (exact) mass is 556 g/mol. The summed E-state index contributed by atoms with van der Waals surface area (Å²) < 4.78 is 16.9. The number of halogens is 2. The summed E-state index contributed by atoms with van der Waals surface area (Å²) in [6.45, 7) is -0.182. The lowest BCUT2D eigenvalue weighted by atomic mass is 10.1. The molecule has 2 aromatic rings. The maximum Gasteiger partial charge on any atom is 0.329 e. The summed E-state index contributed by atoms with van der Waals surface area (Å²) >= 11 is 8.62. The smallest absolute Gasteiger partial charge is 0.329 e. The van der Waals surface area contributed by atoms with E-state index in [4.69, 9.17) is 21.1 Å². The fourth-order valence-electron chi connectivity index (χ4n) is 2.77. The van der Waals surface area contributed by atoms with Gasteiger partial charge < -0.3 is 19.5 Å². The lowest BCUT2D eigenvalue weighted by Gasteiger charge is -2.14. The third-order valence-electron chi connectivity index (χ3n) is 4.34. The first-order valence-electron chi connectivity index (χ1n) is 8.98. The molecule has 162 valence electrons. The minimum absolute atomic E-state index is 0.000389. The Hall–Kier alpha value is -2.79. The Bertz CT molecular complexity index is 1050. The Labute approximate surface area is 197 Å². The number of hydrogen-bond acceptors (Lipinski definition) is 6. The van der Waals surface area contributed by atoms with Crippen molar-refractivity contribution in [1.29, 1.82) is 0 Å². The van der Waals surface area contributed by atoms with Gasteiger partial charge in [0.05, 0.1) is 19.2 Å². The van der Waals surface area contributed by atoms with Crippen LogP contribution in [-0.4, -0.2) is 43.6 Å². The molecule has 1 saturated heterocycles. The van der Waals surface area contributed by atoms with E-state index in [1.165, 1.54) is 20.3 Å². The molecule has 1 aliphatic rings. The van der Waals surface area contributed by atoms with E-state index < -0.39 is 24.5 Å². The van der Waals surface area contributed by atoms with Gasteiger partial charge in [-0.2, -0.15) is 0 Å². The molecule has 10 heteroatoms. The van der Waals surface area contributed by atoms with Gasteiger partial charge in [-0.15, -0.1) is 0 Å². The normalized spacial score (nSPS) is 14.6. The van der Waals surface area contributed by atoms with Gasteiger partial charge in [0.1, 0.15) is 18.8 Å². The number of amides is 3. The standard InChI is InChI=1S/C21H18ClIN2O6/c1-29-17-9-13(8-16-20(27)25(21(28)24-16)10-18(26)30-2)7-15(22)19(17)31-11-12-3-5-14(23)6-4-12/h3-9H,10-11H2,1-2H3,(H,24,28)/b16-8+. The van der Waals surface area contributed by atoms with Crippen LogP contribution in [0.15, 0.2) is 42.1 Å². The first kappa shape index (κ1) is 22.9. The molecule has 0 saturated carbocycles. The van der Waals surface area contributed by atoms with E-state index in [1.807, 2.05) is 24.3 Å². The van der Waals surface area contributed by atoms with Crippen molar-refractivity contribution >= 4 is 58.2 Å². The van der Waals surface area contributed by atoms with Crippen molar-refractivity contribution in [2.24, 2.45) is 0 Å². The molecule has 1 heterocycles. The van der Waals surface area contributed by atoms with Crippen LogP contribution < -0.4 is 14.8 Å². The third-order valence-corrected chi connectivity index (χ3v) is 5.34. The quantitative estimate of drug-likeness (QED) is 0.242. The van der Waals surface area contributed by atoms with Crippen molar-refractivity contribution in [3.63, 3.8) is 0 Å². The second kappa shape index (κ2) is 10.0. The zero-order valence-electron chi connectivity index (χ0n) is 16.6. The highest BCUT2D eigenvalue weighted by Crippen LogP contribution is 2.37. The Morgan fingerprint density at radius 1 is 1.19 bits per heavy atom. The van der Waals surface area contributed by atoms with Gasteiger partial charge in [0.15, 0.2) is 11.5 Å². The van der Waals surface area contributed by atoms with Gasteiger partial charge in [-0.1, -0.05) is 23.7 Å². The summed E-state index contributed by atoms with van der Waals surface area (Å²) in [6.07, 6.45) is 1.44.